The Morgan fingerprint density at radius 2 is 2.23 bits per heavy atom. The molecule has 1 amide bonds. The largest absolute Gasteiger partial charge is 0.480 e. The van der Waals surface area contributed by atoms with E-state index < -0.39 is 12.0 Å². The molecule has 0 bridgehead atoms. The Morgan fingerprint density at radius 3 is 2.86 bits per heavy atom. The lowest BCUT2D eigenvalue weighted by molar-refractivity contribution is -0.152. The van der Waals surface area contributed by atoms with Crippen LogP contribution in [0.5, 0.6) is 0 Å². The summed E-state index contributed by atoms with van der Waals surface area (Å²) in [6, 6.07) is 2.84. The van der Waals surface area contributed by atoms with Crippen molar-refractivity contribution >= 4 is 39.1 Å². The topological polar surface area (TPSA) is 88.3 Å². The Labute approximate surface area is 138 Å². The fourth-order valence-corrected chi connectivity index (χ4v) is 3.96. The first-order valence-corrected chi connectivity index (χ1v) is 8.22. The highest BCUT2D eigenvalue weighted by molar-refractivity contribution is 9.11. The maximum Gasteiger partial charge on any atom is 0.328 e. The van der Waals surface area contributed by atoms with Gasteiger partial charge in [0, 0.05) is 4.88 Å². The highest BCUT2D eigenvalue weighted by Gasteiger charge is 2.36. The van der Waals surface area contributed by atoms with E-state index in [0.29, 0.717) is 11.6 Å². The molecule has 1 unspecified atom stereocenters. The Bertz CT molecular complexity index is 741. The van der Waals surface area contributed by atoms with Crippen molar-refractivity contribution in [2.75, 3.05) is 0 Å². The minimum absolute atomic E-state index is 0.170. The number of hydrogen-bond acceptors (Lipinski definition) is 5. The third-order valence-electron chi connectivity index (χ3n) is 3.62. The number of hydrogen-bond donors (Lipinski definition) is 1. The van der Waals surface area contributed by atoms with E-state index in [1.807, 2.05) is 12.1 Å². The van der Waals surface area contributed by atoms with E-state index in [0.717, 1.165) is 8.66 Å². The van der Waals surface area contributed by atoms with Crippen molar-refractivity contribution in [3.05, 3.63) is 32.4 Å². The van der Waals surface area contributed by atoms with Crippen LogP contribution in [0.4, 0.5) is 0 Å². The van der Waals surface area contributed by atoms with Crippen LogP contribution in [-0.4, -0.2) is 42.7 Å². The van der Waals surface area contributed by atoms with Gasteiger partial charge in [0.25, 0.3) is 0 Å². The van der Waals surface area contributed by atoms with Crippen LogP contribution in [0.2, 0.25) is 0 Å². The molecular weight excluding hydrogens is 372 g/mol. The van der Waals surface area contributed by atoms with Crippen molar-refractivity contribution in [3.63, 3.8) is 0 Å². The SMILES string of the molecule is Cc1nnc2n1CC(C(=O)O)N(C(=O)Cc1ccc(Br)s1)C2. The Hall–Kier alpha value is -1.74. The number of carboxylic acid groups (broad SMARTS) is 1. The summed E-state index contributed by atoms with van der Waals surface area (Å²) >= 11 is 4.82. The van der Waals surface area contributed by atoms with Gasteiger partial charge in [-0.3, -0.25) is 4.79 Å². The quantitative estimate of drug-likeness (QED) is 0.864. The van der Waals surface area contributed by atoms with Crippen molar-refractivity contribution in [2.45, 2.75) is 32.5 Å². The number of fused-ring (bicyclic) bond motifs is 1. The summed E-state index contributed by atoms with van der Waals surface area (Å²) in [5, 5.41) is 17.4. The summed E-state index contributed by atoms with van der Waals surface area (Å²) in [6.45, 7) is 2.13. The number of rotatable bonds is 3. The summed E-state index contributed by atoms with van der Waals surface area (Å²) in [5.74, 6) is 0.0550. The number of carbonyl (C=O) groups excluding carboxylic acids is 1. The summed E-state index contributed by atoms with van der Waals surface area (Å²) in [4.78, 5) is 26.3. The molecule has 1 atom stereocenters. The lowest BCUT2D eigenvalue weighted by Gasteiger charge is -2.33. The van der Waals surface area contributed by atoms with Crippen molar-refractivity contribution < 1.29 is 14.7 Å². The van der Waals surface area contributed by atoms with E-state index in [4.69, 9.17) is 0 Å². The molecule has 22 heavy (non-hydrogen) atoms. The molecule has 0 saturated carbocycles. The molecule has 0 saturated heterocycles. The minimum Gasteiger partial charge on any atom is -0.480 e. The number of amides is 1. The van der Waals surface area contributed by atoms with Gasteiger partial charge in [-0.05, 0) is 35.0 Å². The van der Waals surface area contributed by atoms with E-state index in [-0.39, 0.29) is 25.4 Å². The van der Waals surface area contributed by atoms with Crippen molar-refractivity contribution in [3.8, 4) is 0 Å². The Balaban J connectivity index is 1.84. The van der Waals surface area contributed by atoms with Crippen LogP contribution in [0.3, 0.4) is 0 Å². The second-order valence-corrected chi connectivity index (χ2v) is 7.58. The summed E-state index contributed by atoms with van der Waals surface area (Å²) < 4.78 is 2.70. The van der Waals surface area contributed by atoms with Crippen molar-refractivity contribution in [2.24, 2.45) is 0 Å². The number of halogens is 1. The molecule has 3 rings (SSSR count). The number of nitrogens with zero attached hydrogens (tertiary/aromatic N) is 4. The zero-order valence-electron chi connectivity index (χ0n) is 11.7. The lowest BCUT2D eigenvalue weighted by Crippen LogP contribution is -2.51. The van der Waals surface area contributed by atoms with E-state index in [9.17, 15) is 14.7 Å². The predicted molar refractivity (Wildman–Crippen MR) is 82.5 cm³/mol. The smallest absolute Gasteiger partial charge is 0.328 e. The molecule has 1 aliphatic heterocycles. The van der Waals surface area contributed by atoms with Gasteiger partial charge in [-0.25, -0.2) is 4.79 Å². The van der Waals surface area contributed by atoms with Crippen LogP contribution >= 0.6 is 27.3 Å². The number of aliphatic carboxylic acids is 1. The minimum atomic E-state index is -1.01. The molecule has 0 spiro atoms. The van der Waals surface area contributed by atoms with E-state index in [2.05, 4.69) is 26.1 Å². The average Bonchev–Trinajstić information content (AvgIpc) is 3.04. The van der Waals surface area contributed by atoms with Crippen LogP contribution < -0.4 is 0 Å². The summed E-state index contributed by atoms with van der Waals surface area (Å²) in [6.07, 6.45) is 0.188. The molecule has 1 aliphatic rings. The fourth-order valence-electron chi connectivity index (χ4n) is 2.48. The average molecular weight is 385 g/mol. The first kappa shape index (κ1) is 15.2. The molecule has 116 valence electrons. The highest BCUT2D eigenvalue weighted by atomic mass is 79.9. The number of aryl methyl sites for hydroxylation is 1. The third-order valence-corrected chi connectivity index (χ3v) is 5.24. The van der Waals surface area contributed by atoms with E-state index in [1.165, 1.54) is 16.2 Å². The number of carbonyl (C=O) groups is 2. The molecule has 7 nitrogen and oxygen atoms in total. The van der Waals surface area contributed by atoms with E-state index >= 15 is 0 Å². The first-order chi connectivity index (χ1) is 10.5. The lowest BCUT2D eigenvalue weighted by atomic mass is 10.1. The van der Waals surface area contributed by atoms with Crippen LogP contribution in [-0.2, 0) is 29.1 Å². The molecule has 0 aromatic carbocycles. The van der Waals surface area contributed by atoms with Crippen LogP contribution in [0.1, 0.15) is 16.5 Å². The molecule has 0 aliphatic carbocycles. The summed E-state index contributed by atoms with van der Waals surface area (Å²) in [5.41, 5.74) is 0. The molecule has 9 heteroatoms. The van der Waals surface area contributed by atoms with Crippen molar-refractivity contribution in [1.29, 1.82) is 0 Å². The molecular formula is C13H13BrN4O3S. The molecule has 0 fully saturated rings. The van der Waals surface area contributed by atoms with Gasteiger partial charge in [0.2, 0.25) is 5.91 Å². The normalized spacial score (nSPS) is 17.4. The standard InChI is InChI=1S/C13H13BrN4O3S/c1-7-15-16-11-6-18(9(13(20)21)5-17(7)11)12(19)4-8-2-3-10(14)22-8/h2-3,9H,4-6H2,1H3,(H,20,21). The molecule has 2 aromatic rings. The zero-order valence-corrected chi connectivity index (χ0v) is 14.1. The Morgan fingerprint density at radius 1 is 1.45 bits per heavy atom. The number of aromatic nitrogens is 3. The molecule has 1 N–H and O–H groups in total. The van der Waals surface area contributed by atoms with Gasteiger partial charge in [0.15, 0.2) is 5.82 Å². The monoisotopic (exact) mass is 384 g/mol. The van der Waals surface area contributed by atoms with Gasteiger partial charge in [0.05, 0.1) is 23.3 Å². The number of thiophene rings is 1. The maximum absolute atomic E-state index is 12.5. The predicted octanol–water partition coefficient (Wildman–Crippen LogP) is 1.45. The molecule has 2 aromatic heterocycles. The summed E-state index contributed by atoms with van der Waals surface area (Å²) in [7, 11) is 0. The van der Waals surface area contributed by atoms with Gasteiger partial charge in [-0.2, -0.15) is 0 Å². The molecule has 0 radical (unpaired) electrons. The van der Waals surface area contributed by atoms with Gasteiger partial charge in [-0.15, -0.1) is 21.5 Å². The van der Waals surface area contributed by atoms with Gasteiger partial charge < -0.3 is 14.6 Å². The van der Waals surface area contributed by atoms with Crippen LogP contribution in [0.25, 0.3) is 0 Å². The second kappa shape index (κ2) is 5.81. The van der Waals surface area contributed by atoms with Crippen LogP contribution in [0.15, 0.2) is 15.9 Å². The van der Waals surface area contributed by atoms with Crippen molar-refractivity contribution in [1.82, 2.24) is 19.7 Å². The van der Waals surface area contributed by atoms with Gasteiger partial charge in [0.1, 0.15) is 11.9 Å². The van der Waals surface area contributed by atoms with Gasteiger partial charge in [-0.1, -0.05) is 0 Å². The molecule has 3 heterocycles. The first-order valence-electron chi connectivity index (χ1n) is 6.61. The van der Waals surface area contributed by atoms with Gasteiger partial charge >= 0.3 is 5.97 Å². The van der Waals surface area contributed by atoms with Crippen LogP contribution in [0, 0.1) is 6.92 Å². The zero-order chi connectivity index (χ0) is 15.9. The number of carboxylic acids is 1. The fraction of sp³-hybridized carbons (Fsp3) is 0.385. The maximum atomic E-state index is 12.5. The highest BCUT2D eigenvalue weighted by Crippen LogP contribution is 2.24. The Kier molecular flexibility index (Phi) is 4.00. The van der Waals surface area contributed by atoms with E-state index in [1.54, 1.807) is 11.5 Å². The third kappa shape index (κ3) is 2.78. The second-order valence-electron chi connectivity index (χ2n) is 5.03.